The molecule has 0 bridgehead atoms. The van der Waals surface area contributed by atoms with Crippen LogP contribution in [0.25, 0.3) is 27.8 Å². The van der Waals surface area contributed by atoms with Crippen molar-refractivity contribution in [3.63, 3.8) is 0 Å². The van der Waals surface area contributed by atoms with E-state index in [1.807, 2.05) is 59.1 Å². The molecule has 0 saturated heterocycles. The fourth-order valence-electron chi connectivity index (χ4n) is 3.36. The molecule has 0 fully saturated rings. The van der Waals surface area contributed by atoms with Gasteiger partial charge in [0.25, 0.3) is 0 Å². The Morgan fingerprint density at radius 1 is 0.897 bits per heavy atom. The van der Waals surface area contributed by atoms with Crippen LogP contribution in [0.5, 0.6) is 0 Å². The molecule has 0 spiro atoms. The molecule has 0 radical (unpaired) electrons. The van der Waals surface area contributed by atoms with Gasteiger partial charge in [0, 0.05) is 25.4 Å². The highest BCUT2D eigenvalue weighted by Gasteiger charge is 2.11. The first-order valence-electron chi connectivity index (χ1n) is 9.34. The molecule has 5 rings (SSSR count). The van der Waals surface area contributed by atoms with E-state index in [0.717, 1.165) is 39.2 Å². The van der Waals surface area contributed by atoms with E-state index in [1.165, 1.54) is 0 Å². The van der Waals surface area contributed by atoms with Crippen LogP contribution in [-0.2, 0) is 13.6 Å². The minimum Gasteiger partial charge on any atom is -0.365 e. The highest BCUT2D eigenvalue weighted by molar-refractivity contribution is 5.87. The minimum absolute atomic E-state index is 0.650. The summed E-state index contributed by atoms with van der Waals surface area (Å²) in [7, 11) is 1.92. The molecule has 0 atom stereocenters. The van der Waals surface area contributed by atoms with Crippen LogP contribution in [0.3, 0.4) is 0 Å². The molecule has 2 aromatic carbocycles. The molecule has 0 aliphatic carbocycles. The number of nitrogens with zero attached hydrogens (tertiary/aromatic N) is 6. The summed E-state index contributed by atoms with van der Waals surface area (Å²) >= 11 is 0. The molecule has 1 N–H and O–H groups in total. The second-order valence-electron chi connectivity index (χ2n) is 6.81. The molecule has 7 nitrogen and oxygen atoms in total. The zero-order valence-electron chi connectivity index (χ0n) is 15.9. The highest BCUT2D eigenvalue weighted by atomic mass is 15.3. The van der Waals surface area contributed by atoms with Crippen molar-refractivity contribution >= 4 is 16.9 Å². The minimum atomic E-state index is 0.650. The van der Waals surface area contributed by atoms with E-state index in [0.29, 0.717) is 6.54 Å². The highest BCUT2D eigenvalue weighted by Crippen LogP contribution is 2.23. The van der Waals surface area contributed by atoms with Crippen LogP contribution in [-0.4, -0.2) is 29.5 Å². The zero-order valence-corrected chi connectivity index (χ0v) is 15.9. The number of benzene rings is 2. The number of aryl methyl sites for hydroxylation is 1. The van der Waals surface area contributed by atoms with E-state index in [2.05, 4.69) is 49.7 Å². The average molecular weight is 381 g/mol. The first-order valence-corrected chi connectivity index (χ1v) is 9.34. The van der Waals surface area contributed by atoms with Crippen molar-refractivity contribution in [3.8, 4) is 16.8 Å². The predicted octanol–water partition coefficient (Wildman–Crippen LogP) is 3.83. The Bertz CT molecular complexity index is 1270. The topological polar surface area (TPSA) is 73.5 Å². The van der Waals surface area contributed by atoms with E-state index in [9.17, 15) is 0 Å². The Kier molecular flexibility index (Phi) is 4.25. The van der Waals surface area contributed by atoms with Crippen molar-refractivity contribution in [2.75, 3.05) is 5.32 Å². The third kappa shape index (κ3) is 3.34. The monoisotopic (exact) mass is 381 g/mol. The zero-order chi connectivity index (χ0) is 19.6. The lowest BCUT2D eigenvalue weighted by molar-refractivity contribution is 0.768. The summed E-state index contributed by atoms with van der Waals surface area (Å²) in [5.74, 6) is 0.768. The van der Waals surface area contributed by atoms with Gasteiger partial charge in [-0.1, -0.05) is 36.4 Å². The third-order valence-electron chi connectivity index (χ3n) is 4.79. The van der Waals surface area contributed by atoms with Crippen LogP contribution < -0.4 is 5.32 Å². The van der Waals surface area contributed by atoms with Crippen molar-refractivity contribution in [2.45, 2.75) is 6.54 Å². The molecule has 142 valence electrons. The van der Waals surface area contributed by atoms with Gasteiger partial charge >= 0.3 is 0 Å². The first-order chi connectivity index (χ1) is 14.3. The Balaban J connectivity index is 1.41. The van der Waals surface area contributed by atoms with Gasteiger partial charge in [0.1, 0.15) is 12.1 Å². The predicted molar refractivity (Wildman–Crippen MR) is 113 cm³/mol. The van der Waals surface area contributed by atoms with Gasteiger partial charge in [-0.05, 0) is 29.3 Å². The molecule has 0 unspecified atom stereocenters. The SMILES string of the molecule is Cn1cc(-c2cccc(CNc3ncnc4c3cnn4-c3ccccc3)c2)cn1. The van der Waals surface area contributed by atoms with Gasteiger partial charge < -0.3 is 5.32 Å². The molecule has 0 amide bonds. The molecular formula is C22H19N7. The number of para-hydroxylation sites is 1. The molecule has 3 heterocycles. The van der Waals surface area contributed by atoms with Crippen molar-refractivity contribution < 1.29 is 0 Å². The van der Waals surface area contributed by atoms with Gasteiger partial charge in [0.15, 0.2) is 5.65 Å². The van der Waals surface area contributed by atoms with Crippen molar-refractivity contribution in [1.29, 1.82) is 0 Å². The lowest BCUT2D eigenvalue weighted by atomic mass is 10.1. The normalized spacial score (nSPS) is 11.1. The van der Waals surface area contributed by atoms with E-state index in [-0.39, 0.29) is 0 Å². The van der Waals surface area contributed by atoms with Gasteiger partial charge in [0.05, 0.1) is 23.5 Å². The summed E-state index contributed by atoms with van der Waals surface area (Å²) in [5.41, 5.74) is 5.15. The molecule has 7 heteroatoms. The Hall–Kier alpha value is -4.00. The number of hydrogen-bond acceptors (Lipinski definition) is 5. The second-order valence-corrected chi connectivity index (χ2v) is 6.81. The van der Waals surface area contributed by atoms with Crippen molar-refractivity contribution in [3.05, 3.63) is 85.1 Å². The number of nitrogens with one attached hydrogen (secondary N) is 1. The van der Waals surface area contributed by atoms with Gasteiger partial charge in [-0.25, -0.2) is 14.6 Å². The van der Waals surface area contributed by atoms with Crippen LogP contribution in [0.4, 0.5) is 5.82 Å². The van der Waals surface area contributed by atoms with Gasteiger partial charge in [-0.3, -0.25) is 4.68 Å². The molecular weight excluding hydrogens is 362 g/mol. The fourth-order valence-corrected chi connectivity index (χ4v) is 3.36. The average Bonchev–Trinajstić information content (AvgIpc) is 3.40. The lowest BCUT2D eigenvalue weighted by Crippen LogP contribution is -2.03. The molecule has 29 heavy (non-hydrogen) atoms. The summed E-state index contributed by atoms with van der Waals surface area (Å²) < 4.78 is 3.63. The Morgan fingerprint density at radius 3 is 2.62 bits per heavy atom. The second kappa shape index (κ2) is 7.20. The molecule has 3 aromatic heterocycles. The summed E-state index contributed by atoms with van der Waals surface area (Å²) in [6.07, 6.45) is 7.26. The first kappa shape index (κ1) is 17.1. The maximum Gasteiger partial charge on any atom is 0.168 e. The maximum atomic E-state index is 4.50. The Labute approximate surface area is 167 Å². The third-order valence-corrected chi connectivity index (χ3v) is 4.79. The Morgan fingerprint density at radius 2 is 1.79 bits per heavy atom. The number of fused-ring (bicyclic) bond motifs is 1. The maximum absolute atomic E-state index is 4.50. The number of rotatable bonds is 5. The van der Waals surface area contributed by atoms with E-state index in [4.69, 9.17) is 0 Å². The number of aromatic nitrogens is 6. The van der Waals surface area contributed by atoms with Gasteiger partial charge in [0.2, 0.25) is 0 Å². The quantitative estimate of drug-likeness (QED) is 0.501. The van der Waals surface area contributed by atoms with Crippen LogP contribution in [0.2, 0.25) is 0 Å². The largest absolute Gasteiger partial charge is 0.365 e. The van der Waals surface area contributed by atoms with E-state index in [1.54, 1.807) is 12.5 Å². The standard InChI is InChI=1S/C22H19N7/c1-28-14-18(12-26-28)17-7-5-6-16(10-17)11-23-21-20-13-27-29(22(20)25-15-24-21)19-8-3-2-4-9-19/h2-10,12-15H,11H2,1H3,(H,23,24,25). The lowest BCUT2D eigenvalue weighted by Gasteiger charge is -2.08. The molecule has 0 aliphatic heterocycles. The summed E-state index contributed by atoms with van der Waals surface area (Å²) in [6.45, 7) is 0.650. The van der Waals surface area contributed by atoms with Crippen molar-refractivity contribution in [2.24, 2.45) is 7.05 Å². The van der Waals surface area contributed by atoms with Crippen LogP contribution in [0.15, 0.2) is 79.5 Å². The van der Waals surface area contributed by atoms with Crippen LogP contribution in [0, 0.1) is 0 Å². The van der Waals surface area contributed by atoms with E-state index >= 15 is 0 Å². The molecule has 5 aromatic rings. The van der Waals surface area contributed by atoms with Gasteiger partial charge in [-0.2, -0.15) is 10.2 Å². The smallest absolute Gasteiger partial charge is 0.168 e. The summed E-state index contributed by atoms with van der Waals surface area (Å²) in [4.78, 5) is 8.85. The number of anilines is 1. The molecule has 0 aliphatic rings. The van der Waals surface area contributed by atoms with Gasteiger partial charge in [-0.15, -0.1) is 0 Å². The van der Waals surface area contributed by atoms with Crippen LogP contribution in [0.1, 0.15) is 5.56 Å². The summed E-state index contributed by atoms with van der Waals surface area (Å²) in [6, 6.07) is 18.4. The van der Waals surface area contributed by atoms with Crippen molar-refractivity contribution in [1.82, 2.24) is 29.5 Å². The van der Waals surface area contributed by atoms with Crippen LogP contribution >= 0.6 is 0 Å². The van der Waals surface area contributed by atoms with E-state index < -0.39 is 0 Å². The molecule has 0 saturated carbocycles. The number of hydrogen-bond donors (Lipinski definition) is 1. The summed E-state index contributed by atoms with van der Waals surface area (Å²) in [5, 5.41) is 13.1. The fraction of sp³-hybridized carbons (Fsp3) is 0.0909.